The van der Waals surface area contributed by atoms with Gasteiger partial charge in [0.05, 0.1) is 5.56 Å². The molecule has 8 heteroatoms. The minimum atomic E-state index is -4.72. The molecular formula is C31H32F3NO4. The summed E-state index contributed by atoms with van der Waals surface area (Å²) < 4.78 is 53.3. The number of hydrogen-bond donors (Lipinski definition) is 2. The number of halogens is 3. The Labute approximate surface area is 226 Å². The second kappa shape index (κ2) is 10.5. The van der Waals surface area contributed by atoms with Crippen molar-refractivity contribution >= 4 is 11.1 Å². The number of benzene rings is 3. The van der Waals surface area contributed by atoms with Crippen LogP contribution in [0.15, 0.2) is 60.7 Å². The van der Waals surface area contributed by atoms with Gasteiger partial charge in [-0.2, -0.15) is 13.2 Å². The van der Waals surface area contributed by atoms with Crippen LogP contribution in [0.1, 0.15) is 55.5 Å². The van der Waals surface area contributed by atoms with Gasteiger partial charge in [-0.15, -0.1) is 0 Å². The van der Waals surface area contributed by atoms with Gasteiger partial charge in [0.1, 0.15) is 35.7 Å². The van der Waals surface area contributed by atoms with Crippen molar-refractivity contribution < 1.29 is 32.9 Å². The van der Waals surface area contributed by atoms with E-state index in [1.165, 1.54) is 24.6 Å². The van der Waals surface area contributed by atoms with E-state index in [1.54, 1.807) is 13.0 Å². The molecule has 0 aliphatic carbocycles. The fourth-order valence-electron chi connectivity index (χ4n) is 5.41. The van der Waals surface area contributed by atoms with Crippen LogP contribution in [0.25, 0.3) is 11.1 Å². The topological polar surface area (TPSA) is 62.2 Å². The van der Waals surface area contributed by atoms with E-state index in [2.05, 4.69) is 18.7 Å². The fourth-order valence-corrected chi connectivity index (χ4v) is 5.41. The lowest BCUT2D eigenvalue weighted by Gasteiger charge is -2.31. The Morgan fingerprint density at radius 1 is 1.05 bits per heavy atom. The molecule has 1 fully saturated rings. The molecule has 2 aliphatic rings. The van der Waals surface area contributed by atoms with E-state index in [-0.39, 0.29) is 11.3 Å². The predicted molar refractivity (Wildman–Crippen MR) is 144 cm³/mol. The lowest BCUT2D eigenvalue weighted by Crippen LogP contribution is -2.35. The van der Waals surface area contributed by atoms with E-state index in [1.807, 2.05) is 24.3 Å². The van der Waals surface area contributed by atoms with Gasteiger partial charge in [-0.1, -0.05) is 25.1 Å². The predicted octanol–water partition coefficient (Wildman–Crippen LogP) is 7.29. The van der Waals surface area contributed by atoms with Gasteiger partial charge in [0.2, 0.25) is 0 Å². The summed E-state index contributed by atoms with van der Waals surface area (Å²) in [6, 6.07) is 15.8. The van der Waals surface area contributed by atoms with Crippen LogP contribution in [-0.2, 0) is 6.18 Å². The highest BCUT2D eigenvalue weighted by atomic mass is 19.4. The molecule has 0 amide bonds. The van der Waals surface area contributed by atoms with E-state index >= 15 is 0 Å². The molecule has 3 atom stereocenters. The van der Waals surface area contributed by atoms with Gasteiger partial charge in [0.25, 0.3) is 0 Å². The van der Waals surface area contributed by atoms with Crippen LogP contribution in [0.5, 0.6) is 23.0 Å². The van der Waals surface area contributed by atoms with Gasteiger partial charge in [-0.25, -0.2) is 0 Å². The third-order valence-corrected chi connectivity index (χ3v) is 7.64. The molecule has 5 nitrogen and oxygen atoms in total. The van der Waals surface area contributed by atoms with Crippen LogP contribution < -0.4 is 9.47 Å². The maximum Gasteiger partial charge on any atom is 0.419 e. The molecule has 206 valence electrons. The summed E-state index contributed by atoms with van der Waals surface area (Å²) in [4.78, 5) is 2.43. The Bertz CT molecular complexity index is 1380. The normalized spacial score (nSPS) is 20.5. The standard InChI is InChI=1S/C31H32F3NO4/c1-18-12-13-35(16-18)19(2)17-38-24-8-4-21(5-9-24)30-29(20(3)25-15-23(36)7-11-28(25)39-30)22-6-10-27(37)26(14-22)31(32,33)34/h4-11,14-15,18-19,30,36-37H,12-13,16-17H2,1-3H3/t18-,19+,30?/m1/s1. The smallest absolute Gasteiger partial charge is 0.419 e. The van der Waals surface area contributed by atoms with Gasteiger partial charge >= 0.3 is 6.18 Å². The zero-order valence-electron chi connectivity index (χ0n) is 22.1. The van der Waals surface area contributed by atoms with Crippen LogP contribution in [0.2, 0.25) is 0 Å². The highest BCUT2D eigenvalue weighted by Crippen LogP contribution is 2.48. The quantitative estimate of drug-likeness (QED) is 0.345. The van der Waals surface area contributed by atoms with E-state index in [9.17, 15) is 23.4 Å². The van der Waals surface area contributed by atoms with Crippen molar-refractivity contribution in [3.8, 4) is 23.0 Å². The van der Waals surface area contributed by atoms with Crippen molar-refractivity contribution in [2.24, 2.45) is 5.92 Å². The van der Waals surface area contributed by atoms with Gasteiger partial charge in [0.15, 0.2) is 0 Å². The van der Waals surface area contributed by atoms with E-state index in [0.29, 0.717) is 46.8 Å². The number of nitrogens with zero attached hydrogens (tertiary/aromatic N) is 1. The molecule has 3 aromatic rings. The molecule has 3 aromatic carbocycles. The number of fused-ring (bicyclic) bond motifs is 1. The lowest BCUT2D eigenvalue weighted by atomic mass is 9.85. The number of alkyl halides is 3. The highest BCUT2D eigenvalue weighted by Gasteiger charge is 2.36. The van der Waals surface area contributed by atoms with Gasteiger partial charge < -0.3 is 19.7 Å². The van der Waals surface area contributed by atoms with E-state index < -0.39 is 23.6 Å². The highest BCUT2D eigenvalue weighted by molar-refractivity contribution is 5.96. The molecule has 2 N–H and O–H groups in total. The van der Waals surface area contributed by atoms with Crippen molar-refractivity contribution in [2.45, 2.75) is 45.5 Å². The molecule has 0 aromatic heterocycles. The second-order valence-corrected chi connectivity index (χ2v) is 10.6. The summed E-state index contributed by atoms with van der Waals surface area (Å²) in [6.45, 7) is 8.91. The summed E-state index contributed by atoms with van der Waals surface area (Å²) in [5, 5.41) is 20.0. The molecule has 0 bridgehead atoms. The second-order valence-electron chi connectivity index (χ2n) is 10.6. The van der Waals surface area contributed by atoms with Crippen LogP contribution in [0.3, 0.4) is 0 Å². The monoisotopic (exact) mass is 539 g/mol. The van der Waals surface area contributed by atoms with Crippen molar-refractivity contribution in [2.75, 3.05) is 19.7 Å². The van der Waals surface area contributed by atoms with Gasteiger partial charge in [-0.3, -0.25) is 4.90 Å². The number of rotatable bonds is 6. The molecule has 5 rings (SSSR count). The Morgan fingerprint density at radius 3 is 2.46 bits per heavy atom. The average Bonchev–Trinajstić information content (AvgIpc) is 3.34. The molecule has 39 heavy (non-hydrogen) atoms. The average molecular weight is 540 g/mol. The molecule has 0 spiro atoms. The first-order valence-corrected chi connectivity index (χ1v) is 13.1. The number of phenolic OH excluding ortho intramolecular Hbond substituents is 2. The Balaban J connectivity index is 1.46. The minimum Gasteiger partial charge on any atom is -0.508 e. The largest absolute Gasteiger partial charge is 0.508 e. The first kappa shape index (κ1) is 26.9. The number of phenols is 2. The minimum absolute atomic E-state index is 0.0234. The Kier molecular flexibility index (Phi) is 7.25. The molecule has 2 heterocycles. The number of allylic oxidation sites excluding steroid dienone is 1. The zero-order chi connectivity index (χ0) is 27.9. The van der Waals surface area contributed by atoms with Crippen LogP contribution >= 0.6 is 0 Å². The van der Waals surface area contributed by atoms with Crippen molar-refractivity contribution in [1.82, 2.24) is 4.90 Å². The van der Waals surface area contributed by atoms with Crippen LogP contribution in [0, 0.1) is 5.92 Å². The molecule has 2 aliphatic heterocycles. The summed E-state index contributed by atoms with van der Waals surface area (Å²) in [5.74, 6) is 1.10. The third-order valence-electron chi connectivity index (χ3n) is 7.64. The van der Waals surface area contributed by atoms with Crippen molar-refractivity contribution in [3.63, 3.8) is 0 Å². The van der Waals surface area contributed by atoms with E-state index in [4.69, 9.17) is 9.47 Å². The first-order chi connectivity index (χ1) is 18.5. The van der Waals surface area contributed by atoms with Crippen LogP contribution in [-0.4, -0.2) is 40.9 Å². The molecule has 0 radical (unpaired) electrons. The summed E-state index contributed by atoms with van der Waals surface area (Å²) >= 11 is 0. The molecule has 0 saturated carbocycles. The molecule has 1 unspecified atom stereocenters. The number of aromatic hydroxyl groups is 2. The maximum atomic E-state index is 13.6. The lowest BCUT2D eigenvalue weighted by molar-refractivity contribution is -0.138. The Hall–Kier alpha value is -3.65. The summed E-state index contributed by atoms with van der Waals surface area (Å²) in [7, 11) is 0. The number of ether oxygens (including phenoxy) is 2. The first-order valence-electron chi connectivity index (χ1n) is 13.1. The Morgan fingerprint density at radius 2 is 1.79 bits per heavy atom. The van der Waals surface area contributed by atoms with Crippen molar-refractivity contribution in [1.29, 1.82) is 0 Å². The molecule has 1 saturated heterocycles. The third kappa shape index (κ3) is 5.57. The zero-order valence-corrected chi connectivity index (χ0v) is 22.1. The van der Waals surface area contributed by atoms with E-state index in [0.717, 1.165) is 30.8 Å². The number of likely N-dealkylation sites (tertiary alicyclic amines) is 1. The summed E-state index contributed by atoms with van der Waals surface area (Å²) in [6.07, 6.45) is -4.24. The van der Waals surface area contributed by atoms with Crippen LogP contribution in [0.4, 0.5) is 13.2 Å². The van der Waals surface area contributed by atoms with Gasteiger partial charge in [0, 0.05) is 23.7 Å². The fraction of sp³-hybridized carbons (Fsp3) is 0.355. The number of hydrogen-bond acceptors (Lipinski definition) is 5. The maximum absolute atomic E-state index is 13.6. The molecular weight excluding hydrogens is 507 g/mol. The van der Waals surface area contributed by atoms with Gasteiger partial charge in [-0.05, 0) is 91.9 Å². The summed E-state index contributed by atoms with van der Waals surface area (Å²) in [5.41, 5.74) is 1.66. The van der Waals surface area contributed by atoms with Crippen molar-refractivity contribution in [3.05, 3.63) is 82.9 Å². The SMILES string of the molecule is CC1=C(c2ccc(O)c(C(F)(F)F)c2)C(c2ccc(OC[C@H](C)N3CC[C@@H](C)C3)cc2)Oc2ccc(O)cc21.